The van der Waals surface area contributed by atoms with E-state index in [9.17, 15) is 29.4 Å². The predicted molar refractivity (Wildman–Crippen MR) is 208 cm³/mol. The molecule has 0 saturated carbocycles. The second kappa shape index (κ2) is 23.3. The first-order chi connectivity index (χ1) is 26.2. The maximum atomic E-state index is 12.4. The zero-order valence-corrected chi connectivity index (χ0v) is 32.4. The second-order valence-corrected chi connectivity index (χ2v) is 13.9. The van der Waals surface area contributed by atoms with Crippen LogP contribution in [0.4, 0.5) is 0 Å². The molecule has 2 rings (SSSR count). The van der Waals surface area contributed by atoms with Gasteiger partial charge in [-0.25, -0.2) is 10.3 Å². The van der Waals surface area contributed by atoms with Crippen LogP contribution in [0, 0.1) is 59.2 Å². The molecule has 2 aromatic carbocycles. The molecule has 6 atom stereocenters. The number of hydrogen-bond donors (Lipinski definition) is 10. The summed E-state index contributed by atoms with van der Waals surface area (Å²) in [4.78, 5) is 48.3. The van der Waals surface area contributed by atoms with Crippen molar-refractivity contribution in [3.05, 3.63) is 70.8 Å². The van der Waals surface area contributed by atoms with E-state index in [1.165, 1.54) is 24.7 Å². The van der Waals surface area contributed by atoms with E-state index in [0.717, 1.165) is 0 Å². The van der Waals surface area contributed by atoms with Crippen molar-refractivity contribution in [2.24, 2.45) is 23.3 Å². The van der Waals surface area contributed by atoms with Crippen LogP contribution >= 0.6 is 0 Å². The molecule has 15 nitrogen and oxygen atoms in total. The smallest absolute Gasteiger partial charge is 0.330 e. The molecule has 0 heterocycles. The lowest BCUT2D eigenvalue weighted by Gasteiger charge is -2.29. The second-order valence-electron chi connectivity index (χ2n) is 13.9. The number of carbonyl (C=O) groups is 4. The number of amides is 3. The van der Waals surface area contributed by atoms with Gasteiger partial charge in [0.1, 0.15) is 24.3 Å². The number of rotatable bonds is 12. The number of aliphatic hydroxyl groups excluding tert-OH is 4. The molecule has 2 aromatic rings. The molecule has 0 aliphatic carbocycles. The van der Waals surface area contributed by atoms with Crippen LogP contribution < -0.4 is 27.6 Å². The van der Waals surface area contributed by atoms with Gasteiger partial charge in [0.25, 0.3) is 17.7 Å². The highest BCUT2D eigenvalue weighted by molar-refractivity contribution is 5.98. The quantitative estimate of drug-likeness (QED) is 0.0562. The van der Waals surface area contributed by atoms with Crippen molar-refractivity contribution in [1.29, 1.82) is 0 Å². The Morgan fingerprint density at radius 1 is 0.679 bits per heavy atom. The normalized spacial score (nSPS) is 13.7. The van der Waals surface area contributed by atoms with E-state index in [4.69, 9.17) is 31.6 Å². The van der Waals surface area contributed by atoms with Crippen LogP contribution in [0.2, 0.25) is 0 Å². The summed E-state index contributed by atoms with van der Waals surface area (Å²) in [6, 6.07) is 10.5. The van der Waals surface area contributed by atoms with Crippen LogP contribution in [0.3, 0.4) is 0 Å². The third-order valence-electron chi connectivity index (χ3n) is 7.78. The van der Waals surface area contributed by atoms with E-state index in [2.05, 4.69) is 58.0 Å². The first-order valence-electron chi connectivity index (χ1n) is 17.2. The number of nitrogens with two attached hydrogens (primary N) is 2. The number of nitrogens with one attached hydrogen (secondary N) is 3. The topological polar surface area (TPSA) is 267 Å². The highest BCUT2D eigenvalue weighted by atomic mass is 16.5. The SMILES string of the molecule is COC(=O)[C@@H](NC(=O)c1ccc(C#CC#C[C@@H](O)[C@@H](C)CO)cc1)C(C)(C)N.C[C@@H](CO)[C@H](O)C#CC#Cc1ccc(C(=O)N[C@H](C(=O)NO)C(C)(C)N)cc1. The maximum absolute atomic E-state index is 12.4. The van der Waals surface area contributed by atoms with Crippen LogP contribution in [0.1, 0.15) is 73.4 Å². The third kappa shape index (κ3) is 16.7. The zero-order valence-electron chi connectivity index (χ0n) is 32.4. The van der Waals surface area contributed by atoms with Gasteiger partial charge in [0, 0.05) is 58.4 Å². The lowest BCUT2D eigenvalue weighted by molar-refractivity contribution is -0.144. The molecular formula is C41H51N5O10. The van der Waals surface area contributed by atoms with Gasteiger partial charge in [-0.05, 0) is 99.9 Å². The van der Waals surface area contributed by atoms with Crippen LogP contribution in [-0.4, -0.2) is 105 Å². The molecule has 0 unspecified atom stereocenters. The van der Waals surface area contributed by atoms with Crippen molar-refractivity contribution in [3.8, 4) is 47.4 Å². The van der Waals surface area contributed by atoms with Gasteiger partial charge in [-0.2, -0.15) is 0 Å². The Morgan fingerprint density at radius 3 is 1.34 bits per heavy atom. The molecule has 300 valence electrons. The Labute approximate surface area is 327 Å². The summed E-state index contributed by atoms with van der Waals surface area (Å²) in [6.45, 7) is 9.33. The number of aliphatic hydroxyl groups is 4. The summed E-state index contributed by atoms with van der Waals surface area (Å²) in [5.41, 5.74) is 13.1. The van der Waals surface area contributed by atoms with Crippen molar-refractivity contribution in [3.63, 3.8) is 0 Å². The van der Waals surface area contributed by atoms with E-state index < -0.39 is 59.1 Å². The van der Waals surface area contributed by atoms with Gasteiger partial charge in [0.05, 0.1) is 7.11 Å². The van der Waals surface area contributed by atoms with Gasteiger partial charge in [-0.1, -0.05) is 37.5 Å². The molecule has 0 aliphatic heterocycles. The van der Waals surface area contributed by atoms with Gasteiger partial charge in [-0.15, -0.1) is 0 Å². The first kappa shape index (κ1) is 48.3. The Morgan fingerprint density at radius 2 is 1.04 bits per heavy atom. The summed E-state index contributed by atoms with van der Waals surface area (Å²) in [6.07, 6.45) is -1.90. The number of benzene rings is 2. The van der Waals surface area contributed by atoms with E-state index in [1.54, 1.807) is 77.9 Å². The van der Waals surface area contributed by atoms with Crippen LogP contribution in [-0.2, 0) is 14.3 Å². The minimum absolute atomic E-state index is 0.162. The van der Waals surface area contributed by atoms with Gasteiger partial charge in [-0.3, -0.25) is 19.6 Å². The highest BCUT2D eigenvalue weighted by Gasteiger charge is 2.35. The summed E-state index contributed by atoms with van der Waals surface area (Å²) in [7, 11) is 1.23. The first-order valence-corrected chi connectivity index (χ1v) is 17.2. The molecule has 15 heteroatoms. The average molecular weight is 774 g/mol. The molecule has 0 bridgehead atoms. The summed E-state index contributed by atoms with van der Waals surface area (Å²) in [5.74, 6) is 17.7. The van der Waals surface area contributed by atoms with Gasteiger partial charge in [0.2, 0.25) is 0 Å². The Kier molecular flexibility index (Phi) is 20.1. The van der Waals surface area contributed by atoms with E-state index >= 15 is 0 Å². The zero-order chi connectivity index (χ0) is 42.6. The Bertz CT molecular complexity index is 1750. The summed E-state index contributed by atoms with van der Waals surface area (Å²) >= 11 is 0. The molecule has 0 radical (unpaired) electrons. The van der Waals surface area contributed by atoms with Crippen molar-refractivity contribution >= 4 is 23.7 Å². The lowest BCUT2D eigenvalue weighted by atomic mass is 9.95. The van der Waals surface area contributed by atoms with Crippen molar-refractivity contribution < 1.29 is 49.5 Å². The van der Waals surface area contributed by atoms with Gasteiger partial charge in [0.15, 0.2) is 0 Å². The fourth-order valence-electron chi connectivity index (χ4n) is 4.07. The molecule has 0 spiro atoms. The number of esters is 1. The molecule has 0 saturated heterocycles. The third-order valence-corrected chi connectivity index (χ3v) is 7.78. The average Bonchev–Trinajstić information content (AvgIpc) is 3.17. The maximum Gasteiger partial charge on any atom is 0.330 e. The Balaban J connectivity index is 0.000000560. The van der Waals surface area contributed by atoms with Crippen LogP contribution in [0.25, 0.3) is 0 Å². The Hall–Kier alpha value is -5.72. The van der Waals surface area contributed by atoms with E-state index in [0.29, 0.717) is 16.7 Å². The summed E-state index contributed by atoms with van der Waals surface area (Å²) < 4.78 is 4.69. The van der Waals surface area contributed by atoms with Crippen LogP contribution in [0.15, 0.2) is 48.5 Å². The number of methoxy groups -OCH3 is 1. The number of hydroxylamine groups is 1. The molecule has 0 fully saturated rings. The lowest BCUT2D eigenvalue weighted by Crippen LogP contribution is -2.61. The van der Waals surface area contributed by atoms with Crippen molar-refractivity contribution in [2.45, 2.75) is 76.9 Å². The monoisotopic (exact) mass is 773 g/mol. The van der Waals surface area contributed by atoms with Crippen molar-refractivity contribution in [2.75, 3.05) is 20.3 Å². The molecule has 3 amide bonds. The standard InChI is InChI=1S/C21H26N2O5.C20H25N3O5/c1-14(13-24)17(25)8-6-5-7-15-9-11-16(12-10-15)19(26)23-18(20(27)28-4)21(2,3)22;1-13(12-24)16(25)7-5-4-6-14-8-10-15(11-9-14)18(26)22-17(19(27)23-28)20(2,3)21/h9-12,14,17-18,24-25H,13,22H2,1-4H3,(H,23,26);8-11,13,16-17,24-25,28H,12,21H2,1-3H3,(H,22,26)(H,23,27)/t14-,17+,18+;13-,16+,17+/m00/s1. The number of ether oxygens (including phenoxy) is 1. The van der Waals surface area contributed by atoms with E-state index in [-0.39, 0.29) is 30.6 Å². The molecule has 0 aliphatic rings. The molecule has 0 aromatic heterocycles. The largest absolute Gasteiger partial charge is 0.467 e. The molecular weight excluding hydrogens is 722 g/mol. The highest BCUT2D eigenvalue weighted by Crippen LogP contribution is 2.11. The minimum atomic E-state index is -1.13. The fraction of sp³-hybridized carbons (Fsp3) is 0.415. The fourth-order valence-corrected chi connectivity index (χ4v) is 4.07. The number of hydrogen-bond acceptors (Lipinski definition) is 12. The van der Waals surface area contributed by atoms with Crippen LogP contribution in [0.5, 0.6) is 0 Å². The van der Waals surface area contributed by atoms with Crippen molar-refractivity contribution in [1.82, 2.24) is 16.1 Å². The van der Waals surface area contributed by atoms with Gasteiger partial charge < -0.3 is 47.3 Å². The number of carbonyl (C=O) groups excluding carboxylic acids is 4. The summed E-state index contributed by atoms with van der Waals surface area (Å²) in [5, 5.41) is 50.9. The molecule has 56 heavy (non-hydrogen) atoms. The minimum Gasteiger partial charge on any atom is -0.467 e. The van der Waals surface area contributed by atoms with E-state index in [1.807, 2.05) is 0 Å². The molecule has 12 N–H and O–H groups in total. The predicted octanol–water partition coefficient (Wildman–Crippen LogP) is -0.589. The van der Waals surface area contributed by atoms with Gasteiger partial charge >= 0.3 is 5.97 Å².